The number of hydrogen-bond acceptors (Lipinski definition) is 3. The normalized spacial score (nSPS) is 30.1. The van der Waals surface area contributed by atoms with Crippen molar-refractivity contribution in [2.45, 2.75) is 25.0 Å². The van der Waals surface area contributed by atoms with Crippen molar-refractivity contribution in [2.24, 2.45) is 0 Å². The molecule has 1 fully saturated rings. The predicted molar refractivity (Wildman–Crippen MR) is 31.0 cm³/mol. The van der Waals surface area contributed by atoms with Crippen LogP contribution in [0.3, 0.4) is 0 Å². The van der Waals surface area contributed by atoms with Crippen molar-refractivity contribution in [3.8, 4) is 0 Å². The maximum atomic E-state index is 9.96. The van der Waals surface area contributed by atoms with Crippen LogP contribution in [-0.4, -0.2) is 30.2 Å². The van der Waals surface area contributed by atoms with Gasteiger partial charge in [-0.15, -0.1) is 0 Å². The molecule has 52 valence electrons. The van der Waals surface area contributed by atoms with Gasteiger partial charge in [-0.2, -0.15) is 0 Å². The number of carbonyl (C=O) groups is 1. The molecule has 1 rings (SSSR count). The van der Waals surface area contributed by atoms with E-state index < -0.39 is 6.10 Å². The summed E-state index contributed by atoms with van der Waals surface area (Å²) in [7, 11) is 0. The Hall–Kier alpha value is -0.410. The van der Waals surface area contributed by atoms with Crippen LogP contribution in [0.15, 0.2) is 0 Å². The van der Waals surface area contributed by atoms with Crippen molar-refractivity contribution in [3.63, 3.8) is 0 Å². The quantitative estimate of drug-likeness (QED) is 0.523. The Morgan fingerprint density at radius 1 is 1.78 bits per heavy atom. The van der Waals surface area contributed by atoms with E-state index in [-0.39, 0.29) is 6.10 Å². The van der Waals surface area contributed by atoms with Crippen LogP contribution in [0.4, 0.5) is 0 Å². The second-order valence-electron chi connectivity index (χ2n) is 2.18. The van der Waals surface area contributed by atoms with Crippen LogP contribution in [0, 0.1) is 0 Å². The van der Waals surface area contributed by atoms with Crippen LogP contribution in [0.5, 0.6) is 0 Å². The van der Waals surface area contributed by atoms with E-state index in [1.54, 1.807) is 0 Å². The van der Waals surface area contributed by atoms with Crippen molar-refractivity contribution in [2.75, 3.05) is 6.61 Å². The lowest BCUT2D eigenvalue weighted by Gasteiger charge is -2.09. The van der Waals surface area contributed by atoms with Gasteiger partial charge in [0, 0.05) is 6.61 Å². The Balaban J connectivity index is 2.32. The SMILES string of the molecule is O=CC(O)C1CCCO1. The summed E-state index contributed by atoms with van der Waals surface area (Å²) in [6.07, 6.45) is 1.14. The third-order valence-electron chi connectivity index (χ3n) is 1.49. The van der Waals surface area contributed by atoms with E-state index in [4.69, 9.17) is 9.84 Å². The van der Waals surface area contributed by atoms with E-state index in [1.807, 2.05) is 0 Å². The molecule has 0 radical (unpaired) electrons. The van der Waals surface area contributed by atoms with Gasteiger partial charge in [-0.05, 0) is 12.8 Å². The molecule has 2 atom stereocenters. The molecule has 0 spiro atoms. The monoisotopic (exact) mass is 130 g/mol. The molecule has 1 heterocycles. The highest BCUT2D eigenvalue weighted by molar-refractivity contribution is 5.56. The third-order valence-corrected chi connectivity index (χ3v) is 1.49. The van der Waals surface area contributed by atoms with E-state index in [0.717, 1.165) is 12.8 Å². The highest BCUT2D eigenvalue weighted by Gasteiger charge is 2.22. The first kappa shape index (κ1) is 6.71. The minimum absolute atomic E-state index is 0.234. The standard InChI is InChI=1S/C6H10O3/c7-4-5(8)6-2-1-3-9-6/h4-6,8H,1-3H2. The van der Waals surface area contributed by atoms with Gasteiger partial charge < -0.3 is 14.6 Å². The van der Waals surface area contributed by atoms with Crippen LogP contribution in [-0.2, 0) is 9.53 Å². The lowest BCUT2D eigenvalue weighted by Crippen LogP contribution is -2.25. The fourth-order valence-electron chi connectivity index (χ4n) is 0.960. The lowest BCUT2D eigenvalue weighted by atomic mass is 10.1. The van der Waals surface area contributed by atoms with Crippen molar-refractivity contribution in [3.05, 3.63) is 0 Å². The summed E-state index contributed by atoms with van der Waals surface area (Å²) in [5.41, 5.74) is 0. The van der Waals surface area contributed by atoms with Gasteiger partial charge in [-0.1, -0.05) is 0 Å². The van der Waals surface area contributed by atoms with Crippen LogP contribution < -0.4 is 0 Å². The first-order chi connectivity index (χ1) is 4.34. The van der Waals surface area contributed by atoms with Crippen molar-refractivity contribution in [1.29, 1.82) is 0 Å². The lowest BCUT2D eigenvalue weighted by molar-refractivity contribution is -0.120. The van der Waals surface area contributed by atoms with Gasteiger partial charge in [-0.3, -0.25) is 0 Å². The molecule has 0 aromatic carbocycles. The minimum Gasteiger partial charge on any atom is -0.383 e. The minimum atomic E-state index is -0.910. The molecule has 0 saturated carbocycles. The van der Waals surface area contributed by atoms with E-state index in [0.29, 0.717) is 12.9 Å². The molecule has 9 heavy (non-hydrogen) atoms. The molecule has 3 nitrogen and oxygen atoms in total. The number of ether oxygens (including phenoxy) is 1. The summed E-state index contributed by atoms with van der Waals surface area (Å²) in [5, 5.41) is 8.86. The van der Waals surface area contributed by atoms with E-state index >= 15 is 0 Å². The summed E-state index contributed by atoms with van der Waals surface area (Å²) in [6, 6.07) is 0. The molecule has 0 aliphatic carbocycles. The highest BCUT2D eigenvalue weighted by Crippen LogP contribution is 2.13. The molecular formula is C6H10O3. The largest absolute Gasteiger partial charge is 0.383 e. The van der Waals surface area contributed by atoms with Crippen LogP contribution in [0.1, 0.15) is 12.8 Å². The Labute approximate surface area is 53.6 Å². The number of carbonyl (C=O) groups excluding carboxylic acids is 1. The zero-order valence-electron chi connectivity index (χ0n) is 5.12. The Bertz CT molecular complexity index is 96.5. The summed E-state index contributed by atoms with van der Waals surface area (Å²) in [5.74, 6) is 0. The summed E-state index contributed by atoms with van der Waals surface area (Å²) in [4.78, 5) is 9.96. The van der Waals surface area contributed by atoms with Crippen molar-refractivity contribution < 1.29 is 14.6 Å². The Morgan fingerprint density at radius 2 is 2.56 bits per heavy atom. The molecule has 1 aliphatic heterocycles. The van der Waals surface area contributed by atoms with E-state index in [9.17, 15) is 4.79 Å². The predicted octanol–water partition coefficient (Wildman–Crippen LogP) is -0.275. The third kappa shape index (κ3) is 1.50. The number of rotatable bonds is 2. The molecular weight excluding hydrogens is 120 g/mol. The van der Waals surface area contributed by atoms with E-state index in [2.05, 4.69) is 0 Å². The fraction of sp³-hybridized carbons (Fsp3) is 0.833. The number of hydrogen-bond donors (Lipinski definition) is 1. The molecule has 1 saturated heterocycles. The van der Waals surface area contributed by atoms with Gasteiger partial charge >= 0.3 is 0 Å². The van der Waals surface area contributed by atoms with Crippen molar-refractivity contribution in [1.82, 2.24) is 0 Å². The van der Waals surface area contributed by atoms with Crippen LogP contribution in [0.25, 0.3) is 0 Å². The first-order valence-corrected chi connectivity index (χ1v) is 3.09. The van der Waals surface area contributed by atoms with Crippen LogP contribution in [0.2, 0.25) is 0 Å². The second kappa shape index (κ2) is 2.94. The molecule has 3 heteroatoms. The average Bonchev–Trinajstić information content (AvgIpc) is 2.37. The van der Waals surface area contributed by atoms with Gasteiger partial charge in [0.05, 0.1) is 6.10 Å². The zero-order valence-corrected chi connectivity index (χ0v) is 5.12. The average molecular weight is 130 g/mol. The number of aldehydes is 1. The fourth-order valence-corrected chi connectivity index (χ4v) is 0.960. The summed E-state index contributed by atoms with van der Waals surface area (Å²) >= 11 is 0. The maximum Gasteiger partial charge on any atom is 0.151 e. The molecule has 0 aromatic rings. The van der Waals surface area contributed by atoms with Gasteiger partial charge in [0.2, 0.25) is 0 Å². The van der Waals surface area contributed by atoms with Crippen molar-refractivity contribution >= 4 is 6.29 Å². The maximum absolute atomic E-state index is 9.96. The highest BCUT2D eigenvalue weighted by atomic mass is 16.5. The molecule has 0 amide bonds. The molecule has 0 bridgehead atoms. The van der Waals surface area contributed by atoms with E-state index in [1.165, 1.54) is 0 Å². The number of aliphatic hydroxyl groups excluding tert-OH is 1. The zero-order chi connectivity index (χ0) is 6.69. The molecule has 1 N–H and O–H groups in total. The summed E-state index contributed by atoms with van der Waals surface area (Å²) < 4.78 is 5.02. The first-order valence-electron chi connectivity index (χ1n) is 3.09. The van der Waals surface area contributed by atoms with Gasteiger partial charge in [-0.25, -0.2) is 0 Å². The van der Waals surface area contributed by atoms with Gasteiger partial charge in [0.1, 0.15) is 6.10 Å². The van der Waals surface area contributed by atoms with Crippen LogP contribution >= 0.6 is 0 Å². The smallest absolute Gasteiger partial charge is 0.151 e. The van der Waals surface area contributed by atoms with Gasteiger partial charge in [0.25, 0.3) is 0 Å². The Kier molecular flexibility index (Phi) is 2.19. The molecule has 1 aliphatic rings. The number of aliphatic hydroxyl groups is 1. The second-order valence-corrected chi connectivity index (χ2v) is 2.18. The molecule has 2 unspecified atom stereocenters. The summed E-state index contributed by atoms with van der Waals surface area (Å²) in [6.45, 7) is 0.676. The topological polar surface area (TPSA) is 46.5 Å². The Morgan fingerprint density at radius 3 is 3.00 bits per heavy atom. The van der Waals surface area contributed by atoms with Gasteiger partial charge in [0.15, 0.2) is 6.29 Å². The molecule has 0 aromatic heterocycles.